The number of amides is 1. The summed E-state index contributed by atoms with van der Waals surface area (Å²) < 4.78 is 1.46. The Balaban J connectivity index is 1.68. The quantitative estimate of drug-likeness (QED) is 0.753. The van der Waals surface area contributed by atoms with E-state index in [0.29, 0.717) is 12.3 Å². The predicted molar refractivity (Wildman–Crippen MR) is 79.2 cm³/mol. The van der Waals surface area contributed by atoms with Crippen molar-refractivity contribution < 1.29 is 4.79 Å². The fourth-order valence-corrected chi connectivity index (χ4v) is 1.92. The van der Waals surface area contributed by atoms with E-state index in [1.165, 1.54) is 4.52 Å². The van der Waals surface area contributed by atoms with Crippen molar-refractivity contribution in [3.63, 3.8) is 0 Å². The summed E-state index contributed by atoms with van der Waals surface area (Å²) in [5.41, 5.74) is 1.75. The van der Waals surface area contributed by atoms with Crippen LogP contribution in [-0.4, -0.2) is 35.7 Å². The van der Waals surface area contributed by atoms with Crippen molar-refractivity contribution in [2.75, 3.05) is 0 Å². The molecule has 3 rings (SSSR count). The molecule has 0 aliphatic heterocycles. The number of fused-ring (bicyclic) bond motifs is 1. The Morgan fingerprint density at radius 3 is 2.91 bits per heavy atom. The number of hydrogen-bond acceptors (Lipinski definition) is 5. The summed E-state index contributed by atoms with van der Waals surface area (Å²) in [5.74, 6) is 0.135. The van der Waals surface area contributed by atoms with Crippen molar-refractivity contribution in [1.82, 2.24) is 35.1 Å². The Morgan fingerprint density at radius 2 is 2.23 bits per heavy atom. The van der Waals surface area contributed by atoms with E-state index < -0.39 is 0 Å². The first-order valence-corrected chi connectivity index (χ1v) is 6.94. The molecule has 0 aliphatic carbocycles. The highest BCUT2D eigenvalue weighted by molar-refractivity contribution is 5.90. The number of aromatic nitrogens is 6. The van der Waals surface area contributed by atoms with E-state index in [2.05, 4.69) is 51.4 Å². The molecule has 8 nitrogen and oxygen atoms in total. The van der Waals surface area contributed by atoms with E-state index in [4.69, 9.17) is 0 Å². The van der Waals surface area contributed by atoms with E-state index in [1.807, 2.05) is 6.07 Å². The van der Waals surface area contributed by atoms with E-state index in [9.17, 15) is 4.79 Å². The summed E-state index contributed by atoms with van der Waals surface area (Å²) in [6.45, 7) is 6.59. The van der Waals surface area contributed by atoms with Crippen molar-refractivity contribution in [3.8, 4) is 0 Å². The van der Waals surface area contributed by atoms with Crippen LogP contribution in [0.1, 0.15) is 42.8 Å². The monoisotopic (exact) mass is 299 g/mol. The molecule has 0 unspecified atom stereocenters. The van der Waals surface area contributed by atoms with Gasteiger partial charge in [-0.1, -0.05) is 20.8 Å². The van der Waals surface area contributed by atoms with Crippen LogP contribution in [0.5, 0.6) is 0 Å². The highest BCUT2D eigenvalue weighted by Gasteiger charge is 2.18. The first-order chi connectivity index (χ1) is 10.4. The lowest BCUT2D eigenvalue weighted by Crippen LogP contribution is -2.24. The third-order valence-electron chi connectivity index (χ3n) is 3.16. The molecule has 0 saturated heterocycles. The first-order valence-electron chi connectivity index (χ1n) is 6.94. The number of H-pyrrole nitrogens is 1. The maximum absolute atomic E-state index is 12.1. The smallest absolute Gasteiger partial charge is 0.291 e. The minimum Gasteiger partial charge on any atom is -0.344 e. The predicted octanol–water partition coefficient (Wildman–Crippen LogP) is 1.07. The average Bonchev–Trinajstić information content (AvgIpc) is 3.10. The molecule has 0 spiro atoms. The second-order valence-corrected chi connectivity index (χ2v) is 6.01. The Kier molecular flexibility index (Phi) is 3.36. The van der Waals surface area contributed by atoms with Gasteiger partial charge in [-0.2, -0.15) is 10.1 Å². The van der Waals surface area contributed by atoms with Crippen LogP contribution in [0.2, 0.25) is 0 Å². The molecule has 2 N–H and O–H groups in total. The molecular formula is C14H17N7O. The standard InChI is InChI=1S/C14H17N7O/c1-14(2,3)10-7-9(18-19-10)8-16-12(22)11-17-13-15-5-4-6-21(13)20-11/h4-7H,8H2,1-3H3,(H,16,22)(H,18,19). The minimum absolute atomic E-state index is 0.0341. The normalized spacial score (nSPS) is 11.8. The molecule has 0 fully saturated rings. The number of nitrogens with one attached hydrogen (secondary N) is 2. The molecule has 0 radical (unpaired) electrons. The Hall–Kier alpha value is -2.77. The van der Waals surface area contributed by atoms with Crippen LogP contribution in [0, 0.1) is 0 Å². The zero-order valence-corrected chi connectivity index (χ0v) is 12.7. The number of rotatable bonds is 3. The van der Waals surface area contributed by atoms with Crippen molar-refractivity contribution in [3.05, 3.63) is 41.7 Å². The molecule has 0 atom stereocenters. The molecule has 3 heterocycles. The molecule has 3 aromatic rings. The highest BCUT2D eigenvalue weighted by atomic mass is 16.2. The number of hydrogen-bond donors (Lipinski definition) is 2. The second kappa shape index (κ2) is 5.21. The number of carbonyl (C=O) groups excluding carboxylic acids is 1. The largest absolute Gasteiger partial charge is 0.344 e. The van der Waals surface area contributed by atoms with Crippen LogP contribution in [0.4, 0.5) is 0 Å². The van der Waals surface area contributed by atoms with Gasteiger partial charge in [-0.05, 0) is 12.1 Å². The van der Waals surface area contributed by atoms with Gasteiger partial charge in [-0.25, -0.2) is 9.50 Å². The summed E-state index contributed by atoms with van der Waals surface area (Å²) in [5, 5.41) is 14.0. The molecule has 0 saturated carbocycles. The van der Waals surface area contributed by atoms with Crippen LogP contribution in [0.3, 0.4) is 0 Å². The lowest BCUT2D eigenvalue weighted by molar-refractivity contribution is 0.0940. The maximum atomic E-state index is 12.1. The maximum Gasteiger partial charge on any atom is 0.291 e. The highest BCUT2D eigenvalue weighted by Crippen LogP contribution is 2.20. The van der Waals surface area contributed by atoms with Gasteiger partial charge in [0.25, 0.3) is 11.7 Å². The van der Waals surface area contributed by atoms with Crippen molar-refractivity contribution in [1.29, 1.82) is 0 Å². The summed E-state index contributed by atoms with van der Waals surface area (Å²) in [6, 6.07) is 3.67. The van der Waals surface area contributed by atoms with Gasteiger partial charge in [0.15, 0.2) is 0 Å². The minimum atomic E-state index is -0.350. The number of carbonyl (C=O) groups is 1. The van der Waals surface area contributed by atoms with Crippen LogP contribution in [-0.2, 0) is 12.0 Å². The van der Waals surface area contributed by atoms with Gasteiger partial charge in [-0.15, -0.1) is 5.10 Å². The van der Waals surface area contributed by atoms with Gasteiger partial charge >= 0.3 is 0 Å². The Labute approximate surface area is 127 Å². The SMILES string of the molecule is CC(C)(C)c1cc(CNC(=O)c2nc3ncccn3n2)[nH]n1. The van der Waals surface area contributed by atoms with Crippen molar-refractivity contribution >= 4 is 11.7 Å². The van der Waals surface area contributed by atoms with Gasteiger partial charge in [0, 0.05) is 17.8 Å². The zero-order valence-electron chi connectivity index (χ0n) is 12.7. The van der Waals surface area contributed by atoms with Crippen LogP contribution < -0.4 is 5.32 Å². The van der Waals surface area contributed by atoms with E-state index in [-0.39, 0.29) is 17.1 Å². The molecule has 8 heteroatoms. The molecule has 22 heavy (non-hydrogen) atoms. The molecule has 3 aromatic heterocycles. The summed E-state index contributed by atoms with van der Waals surface area (Å²) in [4.78, 5) is 20.2. The summed E-state index contributed by atoms with van der Waals surface area (Å²) in [7, 11) is 0. The second-order valence-electron chi connectivity index (χ2n) is 6.01. The molecule has 0 bridgehead atoms. The summed E-state index contributed by atoms with van der Waals surface area (Å²) >= 11 is 0. The van der Waals surface area contributed by atoms with Gasteiger partial charge < -0.3 is 5.32 Å². The fraction of sp³-hybridized carbons (Fsp3) is 0.357. The van der Waals surface area contributed by atoms with Gasteiger partial charge in [0.1, 0.15) is 0 Å². The van der Waals surface area contributed by atoms with Gasteiger partial charge in [-0.3, -0.25) is 9.89 Å². The Morgan fingerprint density at radius 1 is 1.41 bits per heavy atom. The van der Waals surface area contributed by atoms with E-state index >= 15 is 0 Å². The van der Waals surface area contributed by atoms with Gasteiger partial charge in [0.2, 0.25) is 5.82 Å². The molecule has 0 aliphatic rings. The van der Waals surface area contributed by atoms with Crippen molar-refractivity contribution in [2.45, 2.75) is 32.7 Å². The third kappa shape index (κ3) is 2.80. The zero-order chi connectivity index (χ0) is 15.7. The molecule has 1 amide bonds. The number of nitrogens with zero attached hydrogens (tertiary/aromatic N) is 5. The molecular weight excluding hydrogens is 282 g/mol. The van der Waals surface area contributed by atoms with Crippen LogP contribution in [0.15, 0.2) is 24.5 Å². The topological polar surface area (TPSA) is 101 Å². The van der Waals surface area contributed by atoms with Gasteiger partial charge in [0.05, 0.1) is 17.9 Å². The lowest BCUT2D eigenvalue weighted by atomic mass is 9.92. The van der Waals surface area contributed by atoms with E-state index in [1.54, 1.807) is 18.5 Å². The molecule has 0 aromatic carbocycles. The van der Waals surface area contributed by atoms with E-state index in [0.717, 1.165) is 11.4 Å². The van der Waals surface area contributed by atoms with Crippen LogP contribution in [0.25, 0.3) is 5.78 Å². The fourth-order valence-electron chi connectivity index (χ4n) is 1.92. The third-order valence-corrected chi connectivity index (χ3v) is 3.16. The van der Waals surface area contributed by atoms with Crippen LogP contribution >= 0.6 is 0 Å². The first kappa shape index (κ1) is 14.2. The molecule has 114 valence electrons. The Bertz CT molecular complexity index is 779. The lowest BCUT2D eigenvalue weighted by Gasteiger charge is -2.13. The summed E-state index contributed by atoms with van der Waals surface area (Å²) in [6.07, 6.45) is 3.29. The average molecular weight is 299 g/mol. The van der Waals surface area contributed by atoms with Crippen molar-refractivity contribution in [2.24, 2.45) is 0 Å². The number of aromatic amines is 1.